The summed E-state index contributed by atoms with van der Waals surface area (Å²) in [5.41, 5.74) is 2.22. The van der Waals surface area contributed by atoms with Gasteiger partial charge in [-0.25, -0.2) is 14.4 Å². The van der Waals surface area contributed by atoms with Crippen molar-refractivity contribution >= 4 is 18.1 Å². The second-order valence-corrected chi connectivity index (χ2v) is 6.45. The van der Waals surface area contributed by atoms with Gasteiger partial charge in [0.25, 0.3) is 0 Å². The van der Waals surface area contributed by atoms with Crippen LogP contribution in [0.15, 0.2) is 85.5 Å². The van der Waals surface area contributed by atoms with Crippen molar-refractivity contribution in [2.24, 2.45) is 0 Å². The second-order valence-electron chi connectivity index (χ2n) is 6.45. The molecule has 0 saturated heterocycles. The summed E-state index contributed by atoms with van der Waals surface area (Å²) in [5, 5.41) is 0. The molecule has 0 aromatic heterocycles. The van der Waals surface area contributed by atoms with Crippen LogP contribution in [-0.2, 0) is 14.3 Å². The molecule has 0 atom stereocenters. The highest BCUT2D eigenvalue weighted by molar-refractivity contribution is 5.91. The Morgan fingerprint density at radius 1 is 0.727 bits per heavy atom. The first-order chi connectivity index (χ1) is 16.0. The Bertz CT molecular complexity index is 1120. The molecule has 0 heterocycles. The fourth-order valence-electron chi connectivity index (χ4n) is 2.64. The molecule has 0 spiro atoms. The number of benzene rings is 3. The van der Waals surface area contributed by atoms with Gasteiger partial charge in [0.05, 0.1) is 12.7 Å². The molecule has 3 rings (SSSR count). The fourth-order valence-corrected chi connectivity index (χ4v) is 2.64. The van der Waals surface area contributed by atoms with E-state index in [1.165, 1.54) is 24.3 Å². The molecule has 0 amide bonds. The van der Waals surface area contributed by atoms with Gasteiger partial charge in [0.15, 0.2) is 0 Å². The lowest BCUT2D eigenvalue weighted by Gasteiger charge is -2.08. The Labute approximate surface area is 189 Å². The van der Waals surface area contributed by atoms with Gasteiger partial charge in [-0.2, -0.15) is 0 Å². The Balaban J connectivity index is 1.53. The largest absolute Gasteiger partial charge is 0.516 e. The summed E-state index contributed by atoms with van der Waals surface area (Å²) in [6.45, 7) is 2.60. The van der Waals surface area contributed by atoms with Crippen LogP contribution in [0.3, 0.4) is 0 Å². The smallest absolute Gasteiger partial charge is 0.497 e. The Morgan fingerprint density at radius 2 is 1.24 bits per heavy atom. The first kappa shape index (κ1) is 23.1. The molecule has 0 aliphatic heterocycles. The van der Waals surface area contributed by atoms with Crippen LogP contribution in [0, 0.1) is 0 Å². The first-order valence-corrected chi connectivity index (χ1v) is 9.69. The molecule has 0 saturated carbocycles. The van der Waals surface area contributed by atoms with Crippen LogP contribution >= 0.6 is 0 Å². The average Bonchev–Trinajstić information content (AvgIpc) is 2.85. The quantitative estimate of drug-likeness (QED) is 0.160. The van der Waals surface area contributed by atoms with Gasteiger partial charge in [-0.05, 0) is 59.7 Å². The molecule has 0 bridgehead atoms. The molecule has 8 nitrogen and oxygen atoms in total. The van der Waals surface area contributed by atoms with Gasteiger partial charge in [0, 0.05) is 6.08 Å². The minimum atomic E-state index is -1.07. The second kappa shape index (κ2) is 11.1. The van der Waals surface area contributed by atoms with E-state index in [1.807, 2.05) is 36.4 Å². The summed E-state index contributed by atoms with van der Waals surface area (Å²) in [6, 6.07) is 20.4. The summed E-state index contributed by atoms with van der Waals surface area (Å²) < 4.78 is 24.5. The zero-order valence-corrected chi connectivity index (χ0v) is 17.7. The number of carbonyl (C=O) groups excluding carboxylic acids is 3. The van der Waals surface area contributed by atoms with Gasteiger partial charge < -0.3 is 23.7 Å². The lowest BCUT2D eigenvalue weighted by atomic mass is 10.1. The molecule has 3 aromatic rings. The summed E-state index contributed by atoms with van der Waals surface area (Å²) in [7, 11) is 1.61. The van der Waals surface area contributed by atoms with E-state index in [9.17, 15) is 14.4 Å². The number of rotatable bonds is 8. The topological polar surface area (TPSA) is 97.4 Å². The van der Waals surface area contributed by atoms with Crippen molar-refractivity contribution in [3.8, 4) is 28.4 Å². The summed E-state index contributed by atoms with van der Waals surface area (Å²) in [6.07, 6.45) is -0.138. The number of methoxy groups -OCH3 is 1. The Hall–Kier alpha value is -4.59. The van der Waals surface area contributed by atoms with Crippen molar-refractivity contribution in [1.82, 2.24) is 0 Å². The van der Waals surface area contributed by atoms with Crippen LogP contribution in [0.5, 0.6) is 17.2 Å². The monoisotopic (exact) mass is 448 g/mol. The highest BCUT2D eigenvalue weighted by Gasteiger charge is 2.11. The summed E-state index contributed by atoms with van der Waals surface area (Å²) >= 11 is 0. The molecule has 0 unspecified atom stereocenters. The van der Waals surface area contributed by atoms with Crippen molar-refractivity contribution in [2.45, 2.75) is 0 Å². The van der Waals surface area contributed by atoms with E-state index < -0.39 is 24.9 Å². The molecule has 0 N–H and O–H groups in total. The highest BCUT2D eigenvalue weighted by Crippen LogP contribution is 2.25. The minimum Gasteiger partial charge on any atom is -0.497 e. The number of carbonyl (C=O) groups is 3. The minimum absolute atomic E-state index is 0.135. The third kappa shape index (κ3) is 6.70. The standard InChI is InChI=1S/C25H20O8/c1-3-23(26)30-16-31-25(28)33-22-14-8-19(9-15-22)24(27)32-21-12-6-18(7-13-21)17-4-10-20(29-2)11-5-17/h3-15H,1,16H2,2H3. The molecule has 0 radical (unpaired) electrons. The third-order valence-corrected chi connectivity index (χ3v) is 4.32. The maximum atomic E-state index is 12.4. The number of esters is 2. The fraction of sp³-hybridized carbons (Fsp3) is 0.0800. The molecule has 0 aliphatic carbocycles. The number of ether oxygens (including phenoxy) is 5. The van der Waals surface area contributed by atoms with E-state index in [4.69, 9.17) is 14.2 Å². The molecule has 8 heteroatoms. The van der Waals surface area contributed by atoms with E-state index in [0.29, 0.717) is 5.75 Å². The highest BCUT2D eigenvalue weighted by atomic mass is 16.8. The van der Waals surface area contributed by atoms with Crippen LogP contribution in [0.1, 0.15) is 10.4 Å². The molecule has 0 aliphatic rings. The van der Waals surface area contributed by atoms with Crippen molar-refractivity contribution in [3.63, 3.8) is 0 Å². The van der Waals surface area contributed by atoms with Crippen LogP contribution in [0.2, 0.25) is 0 Å². The van der Waals surface area contributed by atoms with E-state index in [-0.39, 0.29) is 11.3 Å². The van der Waals surface area contributed by atoms with Gasteiger partial charge in [0.1, 0.15) is 17.2 Å². The predicted octanol–water partition coefficient (Wildman–Crippen LogP) is 4.78. The molecular formula is C25H20O8. The lowest BCUT2D eigenvalue weighted by Crippen LogP contribution is -2.15. The van der Waals surface area contributed by atoms with Crippen molar-refractivity contribution < 1.29 is 38.1 Å². The number of hydrogen-bond donors (Lipinski definition) is 0. The van der Waals surface area contributed by atoms with E-state index in [2.05, 4.69) is 16.1 Å². The molecule has 0 fully saturated rings. The summed E-state index contributed by atoms with van der Waals surface area (Å²) in [4.78, 5) is 34.8. The van der Waals surface area contributed by atoms with Gasteiger partial charge in [-0.1, -0.05) is 30.8 Å². The average molecular weight is 448 g/mol. The van der Waals surface area contributed by atoms with E-state index in [1.54, 1.807) is 19.2 Å². The third-order valence-electron chi connectivity index (χ3n) is 4.32. The Kier molecular flexibility index (Phi) is 7.80. The van der Waals surface area contributed by atoms with Crippen LogP contribution in [0.4, 0.5) is 4.79 Å². The zero-order chi connectivity index (χ0) is 23.6. The van der Waals surface area contributed by atoms with Gasteiger partial charge in [0.2, 0.25) is 6.79 Å². The van der Waals surface area contributed by atoms with Crippen molar-refractivity contribution in [3.05, 3.63) is 91.0 Å². The van der Waals surface area contributed by atoms with Crippen LogP contribution in [0.25, 0.3) is 11.1 Å². The predicted molar refractivity (Wildman–Crippen MR) is 118 cm³/mol. The lowest BCUT2D eigenvalue weighted by molar-refractivity contribution is -0.146. The molecule has 3 aromatic carbocycles. The van der Waals surface area contributed by atoms with Crippen molar-refractivity contribution in [1.29, 1.82) is 0 Å². The van der Waals surface area contributed by atoms with Gasteiger partial charge >= 0.3 is 18.1 Å². The van der Waals surface area contributed by atoms with Crippen LogP contribution in [-0.4, -0.2) is 32.0 Å². The normalized spacial score (nSPS) is 9.97. The SMILES string of the molecule is C=CC(=O)OCOC(=O)Oc1ccc(C(=O)Oc2ccc(-c3ccc(OC)cc3)cc2)cc1. The number of hydrogen-bond acceptors (Lipinski definition) is 8. The Morgan fingerprint density at radius 3 is 1.79 bits per heavy atom. The summed E-state index contributed by atoms with van der Waals surface area (Å²) in [5.74, 6) is -0.0176. The van der Waals surface area contributed by atoms with E-state index in [0.717, 1.165) is 23.0 Å². The maximum Gasteiger partial charge on any atom is 0.516 e. The first-order valence-electron chi connectivity index (χ1n) is 9.69. The maximum absolute atomic E-state index is 12.4. The van der Waals surface area contributed by atoms with E-state index >= 15 is 0 Å². The van der Waals surface area contributed by atoms with Crippen LogP contribution < -0.4 is 14.2 Å². The molecule has 33 heavy (non-hydrogen) atoms. The molecular weight excluding hydrogens is 428 g/mol. The molecule has 168 valence electrons. The van der Waals surface area contributed by atoms with Gasteiger partial charge in [-0.3, -0.25) is 0 Å². The van der Waals surface area contributed by atoms with Gasteiger partial charge in [-0.15, -0.1) is 0 Å². The van der Waals surface area contributed by atoms with Crippen molar-refractivity contribution in [2.75, 3.05) is 13.9 Å². The zero-order valence-electron chi connectivity index (χ0n) is 17.7.